The number of hydrogen-bond acceptors (Lipinski definition) is 1. The van der Waals surface area contributed by atoms with Crippen molar-refractivity contribution < 1.29 is 4.39 Å². The molecule has 1 heterocycles. The first kappa shape index (κ1) is 11.0. The maximum absolute atomic E-state index is 13.1. The topological polar surface area (TPSA) is 20.7 Å². The first-order valence-corrected chi connectivity index (χ1v) is 6.46. The molecule has 0 radical (unpaired) electrons. The lowest BCUT2D eigenvalue weighted by Crippen LogP contribution is -2.05. The summed E-state index contributed by atoms with van der Waals surface area (Å²) in [5.74, 6) is 0.632. The second-order valence-electron chi connectivity index (χ2n) is 4.99. The van der Waals surface area contributed by atoms with Gasteiger partial charge in [0.05, 0.1) is 11.0 Å². The van der Waals surface area contributed by atoms with Crippen molar-refractivity contribution in [3.8, 4) is 0 Å². The molecule has 1 aliphatic carbocycles. The molecule has 1 aromatic heterocycles. The van der Waals surface area contributed by atoms with Crippen molar-refractivity contribution >= 4 is 23.3 Å². The van der Waals surface area contributed by atoms with Crippen molar-refractivity contribution in [1.29, 1.82) is 0 Å². The van der Waals surface area contributed by atoms with E-state index >= 15 is 0 Å². The van der Waals surface area contributed by atoms with E-state index in [1.165, 1.54) is 31.4 Å². The molecule has 0 bridgehead atoms. The fourth-order valence-corrected chi connectivity index (χ4v) is 2.87. The molecule has 1 fully saturated rings. The van der Waals surface area contributed by atoms with E-state index in [0.29, 0.717) is 10.8 Å². The SMILES string of the molecule is CC(CC1CC1)n1c(=S)[nH]c2cc(F)ccc21. The second kappa shape index (κ2) is 3.95. The van der Waals surface area contributed by atoms with Crippen LogP contribution >= 0.6 is 12.2 Å². The lowest BCUT2D eigenvalue weighted by molar-refractivity contribution is 0.483. The number of rotatable bonds is 3. The van der Waals surface area contributed by atoms with Crippen LogP contribution < -0.4 is 0 Å². The monoisotopic (exact) mass is 250 g/mol. The van der Waals surface area contributed by atoms with Crippen molar-refractivity contribution in [2.45, 2.75) is 32.2 Å². The highest BCUT2D eigenvalue weighted by Crippen LogP contribution is 2.37. The van der Waals surface area contributed by atoms with E-state index in [-0.39, 0.29) is 5.82 Å². The van der Waals surface area contributed by atoms with Gasteiger partial charge in [0.15, 0.2) is 4.77 Å². The van der Waals surface area contributed by atoms with Crippen LogP contribution in [0.1, 0.15) is 32.2 Å². The van der Waals surface area contributed by atoms with Gasteiger partial charge < -0.3 is 9.55 Å². The number of hydrogen-bond donors (Lipinski definition) is 1. The number of benzene rings is 1. The Balaban J connectivity index is 2.07. The van der Waals surface area contributed by atoms with E-state index in [1.54, 1.807) is 6.07 Å². The third-order valence-electron chi connectivity index (χ3n) is 3.49. The van der Waals surface area contributed by atoms with Crippen LogP contribution in [0.3, 0.4) is 0 Å². The average Bonchev–Trinajstić information content (AvgIpc) is 2.99. The molecule has 1 saturated carbocycles. The van der Waals surface area contributed by atoms with E-state index in [0.717, 1.165) is 17.0 Å². The number of aromatic nitrogens is 2. The zero-order valence-corrected chi connectivity index (χ0v) is 10.6. The minimum Gasteiger partial charge on any atom is -0.330 e. The van der Waals surface area contributed by atoms with Gasteiger partial charge in [0.25, 0.3) is 0 Å². The molecule has 1 atom stereocenters. The smallest absolute Gasteiger partial charge is 0.178 e. The Hall–Kier alpha value is -1.16. The summed E-state index contributed by atoms with van der Waals surface area (Å²) in [5, 5.41) is 0. The van der Waals surface area contributed by atoms with Crippen molar-refractivity contribution in [1.82, 2.24) is 9.55 Å². The van der Waals surface area contributed by atoms with Gasteiger partial charge in [0.1, 0.15) is 5.82 Å². The van der Waals surface area contributed by atoms with Crippen LogP contribution in [-0.4, -0.2) is 9.55 Å². The predicted molar refractivity (Wildman–Crippen MR) is 69.1 cm³/mol. The van der Waals surface area contributed by atoms with Crippen LogP contribution in [0.25, 0.3) is 11.0 Å². The summed E-state index contributed by atoms with van der Waals surface area (Å²) in [7, 11) is 0. The van der Waals surface area contributed by atoms with Gasteiger partial charge in [-0.25, -0.2) is 4.39 Å². The van der Waals surface area contributed by atoms with Crippen molar-refractivity contribution in [3.63, 3.8) is 0 Å². The van der Waals surface area contributed by atoms with E-state index in [9.17, 15) is 4.39 Å². The lowest BCUT2D eigenvalue weighted by atomic mass is 10.1. The van der Waals surface area contributed by atoms with Gasteiger partial charge in [-0.2, -0.15) is 0 Å². The predicted octanol–water partition coefficient (Wildman–Crippen LogP) is 4.20. The standard InChI is InChI=1S/C13H15FN2S/c1-8(6-9-2-3-9)16-12-5-4-10(14)7-11(12)15-13(16)17/h4-5,7-9H,2-3,6H2,1H3,(H,15,17). The molecule has 4 heteroatoms. The highest BCUT2D eigenvalue weighted by molar-refractivity contribution is 7.71. The summed E-state index contributed by atoms with van der Waals surface area (Å²) in [5.41, 5.74) is 1.79. The highest BCUT2D eigenvalue weighted by atomic mass is 32.1. The number of halogens is 1. The zero-order chi connectivity index (χ0) is 12.0. The Bertz CT molecular complexity index is 609. The highest BCUT2D eigenvalue weighted by Gasteiger charge is 2.25. The first-order valence-electron chi connectivity index (χ1n) is 6.05. The van der Waals surface area contributed by atoms with Crippen molar-refractivity contribution in [2.24, 2.45) is 5.92 Å². The number of H-pyrrole nitrogens is 1. The fraction of sp³-hybridized carbons (Fsp3) is 0.462. The minimum absolute atomic E-state index is 0.226. The molecule has 1 N–H and O–H groups in total. The molecule has 1 aromatic carbocycles. The van der Waals surface area contributed by atoms with Crippen LogP contribution in [0, 0.1) is 16.5 Å². The van der Waals surface area contributed by atoms with Crippen LogP contribution in [-0.2, 0) is 0 Å². The van der Waals surface area contributed by atoms with E-state index < -0.39 is 0 Å². The van der Waals surface area contributed by atoms with Gasteiger partial charge in [0.2, 0.25) is 0 Å². The maximum atomic E-state index is 13.1. The summed E-state index contributed by atoms with van der Waals surface area (Å²) in [6.07, 6.45) is 3.85. The molecule has 90 valence electrons. The van der Waals surface area contributed by atoms with Gasteiger partial charge in [-0.1, -0.05) is 12.8 Å². The van der Waals surface area contributed by atoms with Crippen molar-refractivity contribution in [2.75, 3.05) is 0 Å². The molecule has 17 heavy (non-hydrogen) atoms. The molecule has 0 amide bonds. The summed E-state index contributed by atoms with van der Waals surface area (Å²) < 4.78 is 15.9. The lowest BCUT2D eigenvalue weighted by Gasteiger charge is -2.13. The van der Waals surface area contributed by atoms with E-state index in [4.69, 9.17) is 12.2 Å². The third kappa shape index (κ3) is 2.02. The second-order valence-corrected chi connectivity index (χ2v) is 5.38. The van der Waals surface area contributed by atoms with Gasteiger partial charge in [-0.05, 0) is 49.7 Å². The molecule has 3 rings (SSSR count). The van der Waals surface area contributed by atoms with E-state index in [2.05, 4.69) is 16.5 Å². The molecule has 0 saturated heterocycles. The number of imidazole rings is 1. The number of nitrogens with zero attached hydrogens (tertiary/aromatic N) is 1. The first-order chi connectivity index (χ1) is 8.15. The fourth-order valence-electron chi connectivity index (χ4n) is 2.48. The normalized spacial score (nSPS) is 17.5. The van der Waals surface area contributed by atoms with Crippen LogP contribution in [0.5, 0.6) is 0 Å². The molecular formula is C13H15FN2S. The molecule has 2 aromatic rings. The largest absolute Gasteiger partial charge is 0.330 e. The Labute approximate surface area is 104 Å². The number of fused-ring (bicyclic) bond motifs is 1. The molecule has 1 aliphatic rings. The minimum atomic E-state index is -0.226. The maximum Gasteiger partial charge on any atom is 0.178 e. The summed E-state index contributed by atoms with van der Waals surface area (Å²) in [6.45, 7) is 2.19. The molecule has 1 unspecified atom stereocenters. The van der Waals surface area contributed by atoms with Crippen LogP contribution in [0.2, 0.25) is 0 Å². The van der Waals surface area contributed by atoms with E-state index in [1.807, 2.05) is 0 Å². The Morgan fingerprint density at radius 3 is 3.00 bits per heavy atom. The molecule has 0 aliphatic heterocycles. The Morgan fingerprint density at radius 2 is 2.29 bits per heavy atom. The third-order valence-corrected chi connectivity index (χ3v) is 3.79. The summed E-state index contributed by atoms with van der Waals surface area (Å²) >= 11 is 5.33. The van der Waals surface area contributed by atoms with Gasteiger partial charge in [0, 0.05) is 6.04 Å². The van der Waals surface area contributed by atoms with Crippen molar-refractivity contribution in [3.05, 3.63) is 28.8 Å². The quantitative estimate of drug-likeness (QED) is 0.810. The van der Waals surface area contributed by atoms with Gasteiger partial charge in [-0.3, -0.25) is 0 Å². The number of aromatic amines is 1. The average molecular weight is 250 g/mol. The molecule has 0 spiro atoms. The molecular weight excluding hydrogens is 235 g/mol. The van der Waals surface area contributed by atoms with Crippen LogP contribution in [0.4, 0.5) is 4.39 Å². The van der Waals surface area contributed by atoms with Gasteiger partial charge in [-0.15, -0.1) is 0 Å². The molecule has 2 nitrogen and oxygen atoms in total. The van der Waals surface area contributed by atoms with Crippen LogP contribution in [0.15, 0.2) is 18.2 Å². The summed E-state index contributed by atoms with van der Waals surface area (Å²) in [6, 6.07) is 5.19. The zero-order valence-electron chi connectivity index (χ0n) is 9.74. The Morgan fingerprint density at radius 1 is 1.53 bits per heavy atom. The summed E-state index contributed by atoms with van der Waals surface area (Å²) in [4.78, 5) is 3.08. The van der Waals surface area contributed by atoms with Gasteiger partial charge >= 0.3 is 0 Å². The number of nitrogens with one attached hydrogen (secondary N) is 1. The Kier molecular flexibility index (Phi) is 2.54.